The Labute approximate surface area is 238 Å². The SMILES string of the molecule is CCCCOc1nc(N)c2[nH]c(=O)n(CCCN(Cc3ccc(CC(=O)OC)cc3)C(=O)CN3CCC(N)C3)c2n1. The zero-order valence-corrected chi connectivity index (χ0v) is 23.8. The van der Waals surface area contributed by atoms with E-state index in [1.54, 1.807) is 4.90 Å². The Bertz CT molecular complexity index is 1390. The summed E-state index contributed by atoms with van der Waals surface area (Å²) in [4.78, 5) is 53.0. The molecule has 2 aromatic heterocycles. The average molecular weight is 569 g/mol. The average Bonchev–Trinajstić information content (AvgIpc) is 3.51. The van der Waals surface area contributed by atoms with E-state index >= 15 is 0 Å². The molecule has 1 amide bonds. The number of carbonyl (C=O) groups excluding carboxylic acids is 2. The van der Waals surface area contributed by atoms with E-state index in [4.69, 9.17) is 20.9 Å². The van der Waals surface area contributed by atoms with Crippen molar-refractivity contribution < 1.29 is 19.1 Å². The van der Waals surface area contributed by atoms with Crippen LogP contribution in [0, 0.1) is 0 Å². The first-order valence-electron chi connectivity index (χ1n) is 14.1. The van der Waals surface area contributed by atoms with Crippen LogP contribution in [-0.4, -0.2) is 87.1 Å². The fourth-order valence-corrected chi connectivity index (χ4v) is 4.84. The third-order valence-corrected chi connectivity index (χ3v) is 7.16. The number of nitrogens with two attached hydrogens (primary N) is 2. The number of benzene rings is 1. The van der Waals surface area contributed by atoms with Gasteiger partial charge >= 0.3 is 17.7 Å². The molecule has 222 valence electrons. The number of fused-ring (bicyclic) bond motifs is 1. The number of ether oxygens (including phenoxy) is 2. The number of esters is 1. The van der Waals surface area contributed by atoms with E-state index in [9.17, 15) is 14.4 Å². The molecule has 5 N–H and O–H groups in total. The molecule has 1 aliphatic rings. The molecule has 1 atom stereocenters. The second kappa shape index (κ2) is 14.1. The Hall–Kier alpha value is -3.97. The second-order valence-electron chi connectivity index (χ2n) is 10.4. The zero-order valence-electron chi connectivity index (χ0n) is 23.8. The van der Waals surface area contributed by atoms with Gasteiger partial charge in [-0.05, 0) is 30.4 Å². The molecule has 0 saturated carbocycles. The number of methoxy groups -OCH3 is 1. The number of likely N-dealkylation sites (tertiary alicyclic amines) is 1. The number of H-pyrrole nitrogens is 1. The van der Waals surface area contributed by atoms with Gasteiger partial charge in [-0.3, -0.25) is 19.1 Å². The Kier molecular flexibility index (Phi) is 10.3. The molecule has 0 spiro atoms. The fraction of sp³-hybridized carbons (Fsp3) is 0.536. The maximum absolute atomic E-state index is 13.4. The highest BCUT2D eigenvalue weighted by atomic mass is 16.5. The lowest BCUT2D eigenvalue weighted by Gasteiger charge is -2.26. The van der Waals surface area contributed by atoms with Crippen LogP contribution in [0.25, 0.3) is 11.2 Å². The molecular weight excluding hydrogens is 528 g/mol. The summed E-state index contributed by atoms with van der Waals surface area (Å²) >= 11 is 0. The monoisotopic (exact) mass is 568 g/mol. The van der Waals surface area contributed by atoms with Crippen LogP contribution in [0.2, 0.25) is 0 Å². The van der Waals surface area contributed by atoms with E-state index in [2.05, 4.69) is 26.8 Å². The van der Waals surface area contributed by atoms with E-state index in [1.807, 2.05) is 24.3 Å². The van der Waals surface area contributed by atoms with Crippen LogP contribution in [0.1, 0.15) is 43.7 Å². The number of hydrogen-bond acceptors (Lipinski definition) is 10. The van der Waals surface area contributed by atoms with Gasteiger partial charge in [0.25, 0.3) is 0 Å². The van der Waals surface area contributed by atoms with E-state index in [0.29, 0.717) is 50.4 Å². The summed E-state index contributed by atoms with van der Waals surface area (Å²) in [5.41, 5.74) is 14.3. The minimum Gasteiger partial charge on any atom is -0.469 e. The van der Waals surface area contributed by atoms with Gasteiger partial charge < -0.3 is 30.8 Å². The van der Waals surface area contributed by atoms with Gasteiger partial charge in [-0.1, -0.05) is 37.6 Å². The molecule has 0 aliphatic carbocycles. The number of rotatable bonds is 14. The number of nitrogens with one attached hydrogen (secondary N) is 1. The number of aromatic nitrogens is 4. The van der Waals surface area contributed by atoms with Crippen LogP contribution in [0.3, 0.4) is 0 Å². The van der Waals surface area contributed by atoms with Gasteiger partial charge in [0, 0.05) is 38.8 Å². The summed E-state index contributed by atoms with van der Waals surface area (Å²) in [6.07, 6.45) is 3.38. The number of aromatic amines is 1. The molecule has 4 rings (SSSR count). The summed E-state index contributed by atoms with van der Waals surface area (Å²) in [6, 6.07) is 7.77. The van der Waals surface area contributed by atoms with Crippen LogP contribution in [-0.2, 0) is 33.8 Å². The second-order valence-corrected chi connectivity index (χ2v) is 10.4. The number of imidazole rings is 1. The molecule has 1 aromatic carbocycles. The topological polar surface area (TPSA) is 175 Å². The minimum atomic E-state index is -0.350. The Morgan fingerprint density at radius 3 is 2.61 bits per heavy atom. The molecule has 1 fully saturated rings. The molecule has 1 saturated heterocycles. The van der Waals surface area contributed by atoms with E-state index in [1.165, 1.54) is 11.7 Å². The molecule has 13 nitrogen and oxygen atoms in total. The number of nitrogens with zero attached hydrogens (tertiary/aromatic N) is 5. The third kappa shape index (κ3) is 8.04. The lowest BCUT2D eigenvalue weighted by atomic mass is 10.1. The van der Waals surface area contributed by atoms with Crippen molar-refractivity contribution >= 4 is 28.9 Å². The van der Waals surface area contributed by atoms with Crippen molar-refractivity contribution in [3.8, 4) is 6.01 Å². The molecule has 0 bridgehead atoms. The van der Waals surface area contributed by atoms with Gasteiger partial charge in [0.05, 0.1) is 26.7 Å². The quantitative estimate of drug-likeness (QED) is 0.188. The predicted octanol–water partition coefficient (Wildman–Crippen LogP) is 1.05. The van der Waals surface area contributed by atoms with Crippen molar-refractivity contribution in [3.05, 3.63) is 45.9 Å². The van der Waals surface area contributed by atoms with Crippen LogP contribution >= 0.6 is 0 Å². The fourth-order valence-electron chi connectivity index (χ4n) is 4.84. The van der Waals surface area contributed by atoms with Crippen LogP contribution in [0.15, 0.2) is 29.1 Å². The Balaban J connectivity index is 1.47. The van der Waals surface area contributed by atoms with E-state index in [-0.39, 0.29) is 48.4 Å². The summed E-state index contributed by atoms with van der Waals surface area (Å²) in [5.74, 6) is -0.173. The van der Waals surface area contributed by atoms with Crippen molar-refractivity contribution in [1.82, 2.24) is 29.3 Å². The number of carbonyl (C=O) groups is 2. The molecule has 1 aliphatic heterocycles. The zero-order chi connectivity index (χ0) is 29.4. The molecule has 1 unspecified atom stereocenters. The van der Waals surface area contributed by atoms with Crippen molar-refractivity contribution in [2.24, 2.45) is 5.73 Å². The number of hydrogen-bond donors (Lipinski definition) is 3. The summed E-state index contributed by atoms with van der Waals surface area (Å²) in [6.45, 7) is 5.41. The van der Waals surface area contributed by atoms with E-state index in [0.717, 1.165) is 36.9 Å². The van der Waals surface area contributed by atoms with Gasteiger partial charge in [-0.25, -0.2) is 4.79 Å². The molecule has 41 heavy (non-hydrogen) atoms. The highest BCUT2D eigenvalue weighted by Gasteiger charge is 2.24. The van der Waals surface area contributed by atoms with Crippen LogP contribution in [0.4, 0.5) is 5.82 Å². The molecule has 3 aromatic rings. The lowest BCUT2D eigenvalue weighted by molar-refractivity contribution is -0.139. The van der Waals surface area contributed by atoms with Crippen LogP contribution < -0.4 is 21.9 Å². The van der Waals surface area contributed by atoms with Crippen LogP contribution in [0.5, 0.6) is 6.01 Å². The number of nitrogen functional groups attached to an aromatic ring is 1. The highest BCUT2D eigenvalue weighted by molar-refractivity contribution is 5.82. The number of anilines is 1. The molecular formula is C28H40N8O5. The normalized spacial score (nSPS) is 15.3. The van der Waals surface area contributed by atoms with Crippen molar-refractivity contribution in [3.63, 3.8) is 0 Å². The number of unbranched alkanes of at least 4 members (excludes halogenated alkanes) is 1. The molecule has 0 radical (unpaired) electrons. The van der Waals surface area contributed by atoms with E-state index < -0.39 is 0 Å². The van der Waals surface area contributed by atoms with Gasteiger partial charge in [0.15, 0.2) is 11.5 Å². The van der Waals surface area contributed by atoms with Crippen molar-refractivity contribution in [1.29, 1.82) is 0 Å². The summed E-state index contributed by atoms with van der Waals surface area (Å²) < 4.78 is 11.9. The number of amides is 1. The third-order valence-electron chi connectivity index (χ3n) is 7.16. The maximum atomic E-state index is 13.4. The first-order chi connectivity index (χ1) is 19.8. The minimum absolute atomic E-state index is 0.0119. The van der Waals surface area contributed by atoms with Crippen molar-refractivity contribution in [2.45, 2.75) is 58.2 Å². The molecule has 13 heteroatoms. The largest absolute Gasteiger partial charge is 0.469 e. The van der Waals surface area contributed by atoms with Gasteiger partial charge in [-0.15, -0.1) is 0 Å². The smallest absolute Gasteiger partial charge is 0.327 e. The molecule has 3 heterocycles. The van der Waals surface area contributed by atoms with Gasteiger partial charge in [0.2, 0.25) is 5.91 Å². The van der Waals surface area contributed by atoms with Crippen molar-refractivity contribution in [2.75, 3.05) is 45.6 Å². The predicted molar refractivity (Wildman–Crippen MR) is 154 cm³/mol. The first-order valence-corrected chi connectivity index (χ1v) is 14.1. The number of aryl methyl sites for hydroxylation is 1. The summed E-state index contributed by atoms with van der Waals surface area (Å²) in [7, 11) is 1.36. The highest BCUT2D eigenvalue weighted by Crippen LogP contribution is 2.18. The standard InChI is InChI=1S/C28H40N8O5/c1-3-4-14-41-27-32-25(30)24-26(33-27)36(28(39)31-24)12-5-11-35(22(37)18-34-13-10-21(29)17-34)16-20-8-6-19(7-9-20)15-23(38)40-2/h6-9,21H,3-5,10-18,29H2,1-2H3,(H,31,39)(H2,30,32,33). The lowest BCUT2D eigenvalue weighted by Crippen LogP contribution is -2.40. The Morgan fingerprint density at radius 2 is 1.93 bits per heavy atom. The maximum Gasteiger partial charge on any atom is 0.327 e. The van der Waals surface area contributed by atoms with Gasteiger partial charge in [0.1, 0.15) is 5.52 Å². The first kappa shape index (κ1) is 30.0. The Morgan fingerprint density at radius 1 is 1.17 bits per heavy atom. The van der Waals surface area contributed by atoms with Gasteiger partial charge in [-0.2, -0.15) is 9.97 Å². The summed E-state index contributed by atoms with van der Waals surface area (Å²) in [5, 5.41) is 0.